The Labute approximate surface area is 111 Å². The van der Waals surface area contributed by atoms with Gasteiger partial charge in [0.25, 0.3) is 0 Å². The lowest BCUT2D eigenvalue weighted by molar-refractivity contribution is 0.884. The molecule has 3 rings (SSSR count). The lowest BCUT2D eigenvalue weighted by Crippen LogP contribution is -2.03. The Balaban J connectivity index is 2.18. The maximum absolute atomic E-state index is 6.12. The number of hydrogen-bond donors (Lipinski definition) is 1. The molecule has 0 saturated carbocycles. The molecule has 94 valence electrons. The molecule has 4 nitrogen and oxygen atoms in total. The lowest BCUT2D eigenvalue weighted by Gasteiger charge is -2.10. The van der Waals surface area contributed by atoms with Gasteiger partial charge >= 0.3 is 0 Å². The van der Waals surface area contributed by atoms with Crippen molar-refractivity contribution in [2.45, 2.75) is 6.92 Å². The molecule has 0 unspecified atom stereocenters. The molecule has 0 aliphatic carbocycles. The molecule has 0 aliphatic rings. The summed E-state index contributed by atoms with van der Waals surface area (Å²) in [7, 11) is 0. The SMILES string of the molecule is Cc1ccnc(-c2ccnn2-c2ccccc2)c1N. The number of para-hydroxylation sites is 1. The third-order valence-electron chi connectivity index (χ3n) is 3.09. The quantitative estimate of drug-likeness (QED) is 0.760. The van der Waals surface area contributed by atoms with E-state index in [1.165, 1.54) is 0 Å². The highest BCUT2D eigenvalue weighted by atomic mass is 15.3. The van der Waals surface area contributed by atoms with Crippen molar-refractivity contribution in [1.82, 2.24) is 14.8 Å². The van der Waals surface area contributed by atoms with Gasteiger partial charge in [-0.3, -0.25) is 4.98 Å². The van der Waals surface area contributed by atoms with E-state index in [9.17, 15) is 0 Å². The molecule has 0 fully saturated rings. The maximum atomic E-state index is 6.12. The van der Waals surface area contributed by atoms with Gasteiger partial charge in [0.15, 0.2) is 0 Å². The standard InChI is InChI=1S/C15H14N4/c1-11-7-9-17-15(14(11)16)13-8-10-18-19(13)12-5-3-2-4-6-12/h2-10H,16H2,1H3. The molecular formula is C15H14N4. The summed E-state index contributed by atoms with van der Waals surface area (Å²) in [4.78, 5) is 4.38. The van der Waals surface area contributed by atoms with Gasteiger partial charge < -0.3 is 5.73 Å². The molecule has 1 aromatic carbocycles. The van der Waals surface area contributed by atoms with Crippen molar-refractivity contribution in [3.63, 3.8) is 0 Å². The van der Waals surface area contributed by atoms with Gasteiger partial charge in [-0.15, -0.1) is 0 Å². The minimum atomic E-state index is 0.695. The number of nitrogen functional groups attached to an aromatic ring is 1. The molecule has 2 N–H and O–H groups in total. The highest BCUT2D eigenvalue weighted by Gasteiger charge is 2.12. The predicted octanol–water partition coefficient (Wildman–Crippen LogP) is 2.82. The predicted molar refractivity (Wildman–Crippen MR) is 75.9 cm³/mol. The molecular weight excluding hydrogens is 236 g/mol. The van der Waals surface area contributed by atoms with Crippen LogP contribution in [0.4, 0.5) is 5.69 Å². The van der Waals surface area contributed by atoms with Gasteiger partial charge in [0.05, 0.1) is 23.3 Å². The number of hydrogen-bond acceptors (Lipinski definition) is 3. The second kappa shape index (κ2) is 4.57. The van der Waals surface area contributed by atoms with E-state index in [-0.39, 0.29) is 0 Å². The normalized spacial score (nSPS) is 10.6. The van der Waals surface area contributed by atoms with Gasteiger partial charge in [0, 0.05) is 6.20 Å². The summed E-state index contributed by atoms with van der Waals surface area (Å²) in [5.41, 5.74) is 10.5. The lowest BCUT2D eigenvalue weighted by atomic mass is 10.1. The first-order valence-corrected chi connectivity index (χ1v) is 6.08. The van der Waals surface area contributed by atoms with Crippen LogP contribution in [0.3, 0.4) is 0 Å². The van der Waals surface area contributed by atoms with Crippen LogP contribution >= 0.6 is 0 Å². The van der Waals surface area contributed by atoms with Crippen molar-refractivity contribution >= 4 is 5.69 Å². The summed E-state index contributed by atoms with van der Waals surface area (Å²) in [5.74, 6) is 0. The first-order chi connectivity index (χ1) is 9.27. The summed E-state index contributed by atoms with van der Waals surface area (Å²) in [6.45, 7) is 1.98. The summed E-state index contributed by atoms with van der Waals surface area (Å²) in [6.07, 6.45) is 3.52. The molecule has 0 bridgehead atoms. The fraction of sp³-hybridized carbons (Fsp3) is 0.0667. The van der Waals surface area contributed by atoms with Crippen LogP contribution in [0.5, 0.6) is 0 Å². The summed E-state index contributed by atoms with van der Waals surface area (Å²) in [5, 5.41) is 4.35. The molecule has 0 aliphatic heterocycles. The third kappa shape index (κ3) is 1.97. The Morgan fingerprint density at radius 1 is 1.00 bits per heavy atom. The maximum Gasteiger partial charge on any atom is 0.112 e. The van der Waals surface area contributed by atoms with E-state index in [4.69, 9.17) is 5.73 Å². The smallest absolute Gasteiger partial charge is 0.112 e. The zero-order valence-corrected chi connectivity index (χ0v) is 10.6. The number of anilines is 1. The van der Waals surface area contributed by atoms with Gasteiger partial charge in [-0.2, -0.15) is 5.10 Å². The fourth-order valence-electron chi connectivity index (χ4n) is 2.03. The summed E-state index contributed by atoms with van der Waals surface area (Å²) >= 11 is 0. The van der Waals surface area contributed by atoms with E-state index in [2.05, 4.69) is 10.1 Å². The largest absolute Gasteiger partial charge is 0.397 e. The second-order valence-corrected chi connectivity index (χ2v) is 4.35. The van der Waals surface area contributed by atoms with E-state index >= 15 is 0 Å². The highest BCUT2D eigenvalue weighted by Crippen LogP contribution is 2.27. The van der Waals surface area contributed by atoms with Gasteiger partial charge in [-0.25, -0.2) is 4.68 Å². The van der Waals surface area contributed by atoms with E-state index in [1.54, 1.807) is 12.4 Å². The number of aromatic nitrogens is 3. The van der Waals surface area contributed by atoms with Crippen molar-refractivity contribution < 1.29 is 0 Å². The Morgan fingerprint density at radius 3 is 2.58 bits per heavy atom. The monoisotopic (exact) mass is 250 g/mol. The minimum Gasteiger partial charge on any atom is -0.397 e. The van der Waals surface area contributed by atoms with Crippen LogP contribution in [0.2, 0.25) is 0 Å². The number of rotatable bonds is 2. The van der Waals surface area contributed by atoms with Crippen LogP contribution in [0.1, 0.15) is 5.56 Å². The minimum absolute atomic E-state index is 0.695. The van der Waals surface area contributed by atoms with Crippen LogP contribution in [0, 0.1) is 6.92 Å². The molecule has 4 heteroatoms. The third-order valence-corrected chi connectivity index (χ3v) is 3.09. The van der Waals surface area contributed by atoms with Crippen LogP contribution in [-0.2, 0) is 0 Å². The van der Waals surface area contributed by atoms with Crippen molar-refractivity contribution in [3.05, 3.63) is 60.4 Å². The zero-order chi connectivity index (χ0) is 13.2. The highest BCUT2D eigenvalue weighted by molar-refractivity contribution is 5.73. The first-order valence-electron chi connectivity index (χ1n) is 6.08. The van der Waals surface area contributed by atoms with E-state index in [0.29, 0.717) is 5.69 Å². The summed E-state index contributed by atoms with van der Waals surface area (Å²) < 4.78 is 1.85. The van der Waals surface area contributed by atoms with Crippen molar-refractivity contribution in [2.75, 3.05) is 5.73 Å². The number of nitrogens with two attached hydrogens (primary N) is 1. The Hall–Kier alpha value is -2.62. The number of pyridine rings is 1. The Bertz CT molecular complexity index is 701. The number of benzene rings is 1. The summed E-state index contributed by atoms with van der Waals surface area (Å²) in [6, 6.07) is 13.8. The Morgan fingerprint density at radius 2 is 1.79 bits per heavy atom. The van der Waals surface area contributed by atoms with Gasteiger partial charge in [-0.05, 0) is 36.8 Å². The second-order valence-electron chi connectivity index (χ2n) is 4.35. The fourth-order valence-corrected chi connectivity index (χ4v) is 2.03. The molecule has 0 atom stereocenters. The molecule has 0 amide bonds. The number of aryl methyl sites for hydroxylation is 1. The molecule has 0 spiro atoms. The average Bonchev–Trinajstić information content (AvgIpc) is 2.92. The topological polar surface area (TPSA) is 56.7 Å². The molecule has 0 radical (unpaired) electrons. The van der Waals surface area contributed by atoms with Crippen molar-refractivity contribution in [1.29, 1.82) is 0 Å². The molecule has 19 heavy (non-hydrogen) atoms. The molecule has 2 aromatic heterocycles. The molecule has 3 aromatic rings. The van der Waals surface area contributed by atoms with E-state index in [1.807, 2.05) is 54.1 Å². The first kappa shape index (κ1) is 11.5. The van der Waals surface area contributed by atoms with Gasteiger partial charge in [-0.1, -0.05) is 18.2 Å². The Kier molecular flexibility index (Phi) is 2.76. The van der Waals surface area contributed by atoms with Crippen LogP contribution in [0.25, 0.3) is 17.1 Å². The molecule has 2 heterocycles. The van der Waals surface area contributed by atoms with Gasteiger partial charge in [0.1, 0.15) is 5.69 Å². The van der Waals surface area contributed by atoms with E-state index in [0.717, 1.165) is 22.6 Å². The number of nitrogens with zero attached hydrogens (tertiary/aromatic N) is 3. The van der Waals surface area contributed by atoms with Crippen LogP contribution in [-0.4, -0.2) is 14.8 Å². The van der Waals surface area contributed by atoms with Crippen LogP contribution < -0.4 is 5.73 Å². The zero-order valence-electron chi connectivity index (χ0n) is 10.6. The van der Waals surface area contributed by atoms with Crippen molar-refractivity contribution in [2.24, 2.45) is 0 Å². The average molecular weight is 250 g/mol. The van der Waals surface area contributed by atoms with Gasteiger partial charge in [0.2, 0.25) is 0 Å². The molecule has 0 saturated heterocycles. The van der Waals surface area contributed by atoms with Crippen molar-refractivity contribution in [3.8, 4) is 17.1 Å². The van der Waals surface area contributed by atoms with Crippen LogP contribution in [0.15, 0.2) is 54.9 Å². The van der Waals surface area contributed by atoms with E-state index < -0.39 is 0 Å².